The minimum atomic E-state index is -1.03. The molecule has 6 nitrogen and oxygen atoms in total. The van der Waals surface area contributed by atoms with Gasteiger partial charge in [-0.1, -0.05) is 94.2 Å². The molecule has 0 saturated carbocycles. The van der Waals surface area contributed by atoms with Crippen LogP contribution < -0.4 is 0 Å². The van der Waals surface area contributed by atoms with E-state index >= 15 is 0 Å². The largest absolute Gasteiger partial charge is 0.478 e. The van der Waals surface area contributed by atoms with Gasteiger partial charge in [-0.3, -0.25) is 0 Å². The van der Waals surface area contributed by atoms with Crippen LogP contribution >= 0.6 is 0 Å². The van der Waals surface area contributed by atoms with E-state index < -0.39 is 18.2 Å². The Kier molecular flexibility index (Phi) is 18.8. The lowest BCUT2D eigenvalue weighted by molar-refractivity contribution is -0.131. The van der Waals surface area contributed by atoms with Crippen LogP contribution in [-0.2, 0) is 9.53 Å². The second kappa shape index (κ2) is 20.8. The summed E-state index contributed by atoms with van der Waals surface area (Å²) in [6, 6.07) is 0. The van der Waals surface area contributed by atoms with Crippen molar-refractivity contribution in [3.05, 3.63) is 59.8 Å². The third-order valence-corrected chi connectivity index (χ3v) is 8.25. The van der Waals surface area contributed by atoms with Crippen molar-refractivity contribution < 1.29 is 30.0 Å². The van der Waals surface area contributed by atoms with Crippen LogP contribution in [0, 0.1) is 17.8 Å². The molecule has 0 spiro atoms. The molecule has 1 aliphatic heterocycles. The molecule has 1 saturated heterocycles. The van der Waals surface area contributed by atoms with Crippen molar-refractivity contribution in [2.45, 2.75) is 136 Å². The Morgan fingerprint density at radius 1 is 0.927 bits per heavy atom. The molecule has 0 aromatic rings. The van der Waals surface area contributed by atoms with Crippen LogP contribution in [0.3, 0.4) is 0 Å². The summed E-state index contributed by atoms with van der Waals surface area (Å²) in [5, 5.41) is 39.5. The first kappa shape index (κ1) is 37.0. The number of hydrogen-bond acceptors (Lipinski definition) is 5. The highest BCUT2D eigenvalue weighted by atomic mass is 16.5. The fraction of sp³-hybridized carbons (Fsp3) is 0.686. The van der Waals surface area contributed by atoms with Gasteiger partial charge in [0.2, 0.25) is 0 Å². The molecule has 0 aromatic carbocycles. The van der Waals surface area contributed by atoms with E-state index in [9.17, 15) is 20.1 Å². The lowest BCUT2D eigenvalue weighted by Crippen LogP contribution is -2.34. The summed E-state index contributed by atoms with van der Waals surface area (Å²) in [7, 11) is 0. The van der Waals surface area contributed by atoms with Gasteiger partial charge in [0, 0.05) is 12.0 Å². The molecular formula is C35H58O6. The van der Waals surface area contributed by atoms with Crippen molar-refractivity contribution in [1.29, 1.82) is 0 Å². The molecule has 1 fully saturated rings. The van der Waals surface area contributed by atoms with E-state index in [1.165, 1.54) is 31.8 Å². The zero-order valence-corrected chi connectivity index (χ0v) is 26.4. The van der Waals surface area contributed by atoms with Crippen LogP contribution in [0.15, 0.2) is 59.8 Å². The van der Waals surface area contributed by atoms with E-state index in [1.54, 1.807) is 13.0 Å². The number of hydrogen-bond donors (Lipinski definition) is 4. The number of rotatable bonds is 19. The fourth-order valence-electron chi connectivity index (χ4n) is 4.98. The maximum absolute atomic E-state index is 10.8. The predicted molar refractivity (Wildman–Crippen MR) is 169 cm³/mol. The Bertz CT molecular complexity index is 885. The highest BCUT2D eigenvalue weighted by Gasteiger charge is 2.29. The summed E-state index contributed by atoms with van der Waals surface area (Å²) < 4.78 is 6.60. The molecule has 234 valence electrons. The van der Waals surface area contributed by atoms with Crippen molar-refractivity contribution >= 4 is 5.97 Å². The Balaban J connectivity index is 2.62. The Morgan fingerprint density at radius 3 is 2.27 bits per heavy atom. The summed E-state index contributed by atoms with van der Waals surface area (Å²) >= 11 is 0. The van der Waals surface area contributed by atoms with Crippen LogP contribution in [-0.4, -0.2) is 56.9 Å². The number of aliphatic hydroxyl groups is 3. The van der Waals surface area contributed by atoms with Gasteiger partial charge < -0.3 is 25.2 Å². The predicted octanol–water partition coefficient (Wildman–Crippen LogP) is 7.31. The van der Waals surface area contributed by atoms with Gasteiger partial charge in [0.15, 0.2) is 0 Å². The number of ether oxygens (including phenoxy) is 1. The highest BCUT2D eigenvalue weighted by molar-refractivity contribution is 5.79. The number of carboxylic acid groups (broad SMARTS) is 1. The molecule has 0 bridgehead atoms. The van der Waals surface area contributed by atoms with Gasteiger partial charge in [-0.2, -0.15) is 0 Å². The molecule has 8 unspecified atom stereocenters. The average Bonchev–Trinajstić information content (AvgIpc) is 2.96. The highest BCUT2D eigenvalue weighted by Crippen LogP contribution is 2.33. The molecule has 0 amide bonds. The van der Waals surface area contributed by atoms with Gasteiger partial charge in [0.05, 0.1) is 30.5 Å². The molecular weight excluding hydrogens is 516 g/mol. The summed E-state index contributed by atoms with van der Waals surface area (Å²) in [6.45, 7) is 12.1. The number of allylic oxidation sites excluding steroid dienone is 4. The SMILES string of the molecule is CCCCC1CCC(CCC(C)C(O)CC=C(C)C=CC(O)C(C)C=CC(=O)O)OC1C=CC(C)=CCC(O)CC. The molecule has 1 rings (SSSR count). The third-order valence-electron chi connectivity index (χ3n) is 8.25. The molecule has 8 atom stereocenters. The van der Waals surface area contributed by atoms with Crippen molar-refractivity contribution in [3.63, 3.8) is 0 Å². The second-order valence-electron chi connectivity index (χ2n) is 12.0. The second-order valence-corrected chi connectivity index (χ2v) is 12.0. The van der Waals surface area contributed by atoms with Crippen LogP contribution in [0.25, 0.3) is 0 Å². The van der Waals surface area contributed by atoms with Gasteiger partial charge in [-0.15, -0.1) is 0 Å². The Morgan fingerprint density at radius 2 is 1.61 bits per heavy atom. The molecule has 0 radical (unpaired) electrons. The lowest BCUT2D eigenvalue weighted by atomic mass is 9.85. The van der Waals surface area contributed by atoms with E-state index in [4.69, 9.17) is 9.84 Å². The van der Waals surface area contributed by atoms with E-state index in [1.807, 2.05) is 26.0 Å². The molecule has 6 heteroatoms. The number of unbranched alkanes of at least 4 members (excludes halogenated alkanes) is 1. The normalized spacial score (nSPS) is 24.7. The molecule has 0 aromatic heterocycles. The number of aliphatic carboxylic acids is 1. The van der Waals surface area contributed by atoms with Crippen LogP contribution in [0.2, 0.25) is 0 Å². The third kappa shape index (κ3) is 16.3. The molecule has 41 heavy (non-hydrogen) atoms. The van der Waals surface area contributed by atoms with Crippen LogP contribution in [0.1, 0.15) is 106 Å². The van der Waals surface area contributed by atoms with Gasteiger partial charge in [0.1, 0.15) is 0 Å². The molecule has 4 N–H and O–H groups in total. The fourth-order valence-corrected chi connectivity index (χ4v) is 4.98. The lowest BCUT2D eigenvalue weighted by Gasteiger charge is -2.36. The Hall–Kier alpha value is -1.99. The summed E-state index contributed by atoms with van der Waals surface area (Å²) in [5.41, 5.74) is 2.10. The van der Waals surface area contributed by atoms with E-state index in [-0.39, 0.29) is 30.1 Å². The minimum Gasteiger partial charge on any atom is -0.478 e. The number of aliphatic hydroxyl groups excluding tert-OH is 3. The van der Waals surface area contributed by atoms with E-state index in [0.717, 1.165) is 42.9 Å². The topological polar surface area (TPSA) is 107 Å². The summed E-state index contributed by atoms with van der Waals surface area (Å²) in [4.78, 5) is 10.7. The summed E-state index contributed by atoms with van der Waals surface area (Å²) in [6.07, 6.45) is 22.8. The van der Waals surface area contributed by atoms with Crippen LogP contribution in [0.5, 0.6) is 0 Å². The first-order valence-electron chi connectivity index (χ1n) is 15.8. The van der Waals surface area contributed by atoms with Crippen LogP contribution in [0.4, 0.5) is 0 Å². The molecule has 1 heterocycles. The van der Waals surface area contributed by atoms with Crippen molar-refractivity contribution in [2.75, 3.05) is 0 Å². The van der Waals surface area contributed by atoms with E-state index in [2.05, 4.69) is 39.0 Å². The van der Waals surface area contributed by atoms with Gasteiger partial charge in [-0.05, 0) is 77.0 Å². The quantitative estimate of drug-likeness (QED) is 0.0952. The first-order chi connectivity index (χ1) is 19.5. The van der Waals surface area contributed by atoms with Crippen molar-refractivity contribution in [1.82, 2.24) is 0 Å². The van der Waals surface area contributed by atoms with Gasteiger partial charge in [-0.25, -0.2) is 4.79 Å². The summed E-state index contributed by atoms with van der Waals surface area (Å²) in [5.74, 6) is -0.659. The van der Waals surface area contributed by atoms with E-state index in [0.29, 0.717) is 18.8 Å². The van der Waals surface area contributed by atoms with Gasteiger partial charge >= 0.3 is 5.97 Å². The standard InChI is InChI=1S/C35H58O6/c1-7-9-10-29-17-20-31(41-34(29)23-14-25(3)11-18-30(36)8-2)19-15-27(5)32(37)21-12-26(4)13-22-33(38)28(6)16-24-35(39)40/h11-14,16,22-24,27-34,36-38H,7-10,15,17-21H2,1-6H3,(H,39,40). The monoisotopic (exact) mass is 574 g/mol. The maximum atomic E-state index is 10.8. The minimum absolute atomic E-state index is 0.107. The number of carbonyl (C=O) groups is 1. The zero-order valence-electron chi connectivity index (χ0n) is 26.4. The molecule has 1 aliphatic rings. The van der Waals surface area contributed by atoms with Crippen molar-refractivity contribution in [2.24, 2.45) is 17.8 Å². The Labute approximate surface area is 249 Å². The first-order valence-corrected chi connectivity index (χ1v) is 15.8. The number of carboxylic acids is 1. The van der Waals surface area contributed by atoms with Crippen molar-refractivity contribution in [3.8, 4) is 0 Å². The molecule has 0 aliphatic carbocycles. The maximum Gasteiger partial charge on any atom is 0.327 e. The smallest absolute Gasteiger partial charge is 0.327 e. The van der Waals surface area contributed by atoms with Gasteiger partial charge in [0.25, 0.3) is 0 Å². The zero-order chi connectivity index (χ0) is 30.8. The average molecular weight is 575 g/mol.